The van der Waals surface area contributed by atoms with Crippen molar-refractivity contribution in [1.82, 2.24) is 0 Å². The van der Waals surface area contributed by atoms with Crippen LogP contribution in [0.3, 0.4) is 0 Å². The van der Waals surface area contributed by atoms with E-state index < -0.39 is 0 Å². The van der Waals surface area contributed by atoms with Crippen molar-refractivity contribution in [3.8, 4) is 0 Å². The van der Waals surface area contributed by atoms with Crippen LogP contribution in [0.15, 0.2) is 84.8 Å². The lowest BCUT2D eigenvalue weighted by Crippen LogP contribution is -2.47. The van der Waals surface area contributed by atoms with Gasteiger partial charge in [-0.1, -0.05) is 66.6 Å². The second kappa shape index (κ2) is 5.77. The van der Waals surface area contributed by atoms with E-state index in [2.05, 4.69) is 41.1 Å². The van der Waals surface area contributed by atoms with Crippen LogP contribution in [0.4, 0.5) is 15.8 Å². The number of halogens is 1. The Balaban J connectivity index is 1.91. The molecule has 0 unspecified atom stereocenters. The minimum absolute atomic E-state index is 0.159. The molecule has 0 aromatic heterocycles. The molecule has 0 bridgehead atoms. The molecule has 0 saturated carbocycles. The van der Waals surface area contributed by atoms with Crippen molar-refractivity contribution in [2.75, 3.05) is 4.81 Å². The number of fused-ring (bicyclic) bond motifs is 1. The van der Waals surface area contributed by atoms with Gasteiger partial charge in [0.1, 0.15) is 5.82 Å². The molecule has 0 aliphatic carbocycles. The molecule has 23 heavy (non-hydrogen) atoms. The SMILES string of the molecule is Fc1ccccc1B1C=Cc2ccccc2N1c1ccccc1. The third-order valence-corrected chi connectivity index (χ3v) is 4.19. The first-order chi connectivity index (χ1) is 11.3. The monoisotopic (exact) mass is 299 g/mol. The number of para-hydroxylation sites is 2. The zero-order valence-electron chi connectivity index (χ0n) is 12.6. The Hall–Kier alpha value is -2.81. The van der Waals surface area contributed by atoms with E-state index in [1.54, 1.807) is 6.07 Å². The summed E-state index contributed by atoms with van der Waals surface area (Å²) >= 11 is 0. The number of anilines is 2. The van der Waals surface area contributed by atoms with Gasteiger partial charge in [0.2, 0.25) is 0 Å². The van der Waals surface area contributed by atoms with Gasteiger partial charge in [0, 0.05) is 11.4 Å². The predicted octanol–water partition coefficient (Wildman–Crippen LogP) is 4.43. The number of benzene rings is 3. The molecule has 0 fully saturated rings. The lowest BCUT2D eigenvalue weighted by molar-refractivity contribution is 0.635. The summed E-state index contributed by atoms with van der Waals surface area (Å²) in [5, 5.41) is 0. The molecule has 0 N–H and O–H groups in total. The fourth-order valence-corrected chi connectivity index (χ4v) is 3.12. The maximum absolute atomic E-state index is 14.4. The first kappa shape index (κ1) is 13.8. The Morgan fingerprint density at radius 1 is 0.739 bits per heavy atom. The van der Waals surface area contributed by atoms with Crippen LogP contribution in [-0.4, -0.2) is 6.85 Å². The number of nitrogens with zero attached hydrogens (tertiary/aromatic N) is 1. The topological polar surface area (TPSA) is 3.24 Å². The first-order valence-corrected chi connectivity index (χ1v) is 7.70. The molecule has 0 saturated heterocycles. The van der Waals surface area contributed by atoms with Crippen molar-refractivity contribution >= 4 is 29.8 Å². The molecule has 0 radical (unpaired) electrons. The van der Waals surface area contributed by atoms with Gasteiger partial charge in [0.25, 0.3) is 0 Å². The van der Waals surface area contributed by atoms with Gasteiger partial charge in [-0.25, -0.2) is 4.39 Å². The van der Waals surface area contributed by atoms with Gasteiger partial charge in [-0.3, -0.25) is 0 Å². The molecule has 1 aliphatic heterocycles. The van der Waals surface area contributed by atoms with E-state index >= 15 is 0 Å². The lowest BCUT2D eigenvalue weighted by Gasteiger charge is -2.34. The smallest absolute Gasteiger partial charge is 0.323 e. The number of rotatable bonds is 2. The molecular formula is C20H15BFN. The maximum Gasteiger partial charge on any atom is 0.323 e. The van der Waals surface area contributed by atoms with Crippen molar-refractivity contribution in [3.05, 3.63) is 96.2 Å². The summed E-state index contributed by atoms with van der Waals surface area (Å²) in [5.74, 6) is 1.88. The van der Waals surface area contributed by atoms with Crippen LogP contribution < -0.4 is 10.3 Å². The minimum atomic E-state index is -0.178. The average Bonchev–Trinajstić information content (AvgIpc) is 2.62. The second-order valence-electron chi connectivity index (χ2n) is 5.59. The zero-order chi connectivity index (χ0) is 15.6. The summed E-state index contributed by atoms with van der Waals surface area (Å²) < 4.78 is 14.4. The molecule has 110 valence electrons. The minimum Gasteiger partial charge on any atom is -0.377 e. The van der Waals surface area contributed by atoms with Crippen molar-refractivity contribution in [2.24, 2.45) is 0 Å². The van der Waals surface area contributed by atoms with Crippen LogP contribution in [0, 0.1) is 5.82 Å². The predicted molar refractivity (Wildman–Crippen MR) is 95.8 cm³/mol. The Bertz CT molecular complexity index is 860. The standard InChI is InChI=1S/C20H15BFN/c22-19-12-6-5-11-18(19)21-15-14-16-8-4-7-13-20(16)23(21)17-9-2-1-3-10-17/h1-15H. The van der Waals surface area contributed by atoms with Gasteiger partial charge >= 0.3 is 6.85 Å². The quantitative estimate of drug-likeness (QED) is 0.633. The molecule has 1 heterocycles. The highest BCUT2D eigenvalue weighted by Crippen LogP contribution is 2.33. The lowest BCUT2D eigenvalue weighted by atomic mass is 9.52. The van der Waals surface area contributed by atoms with E-state index in [1.165, 1.54) is 6.07 Å². The molecule has 1 nitrogen and oxygen atoms in total. The van der Waals surface area contributed by atoms with Crippen molar-refractivity contribution < 1.29 is 4.39 Å². The first-order valence-electron chi connectivity index (χ1n) is 7.70. The average molecular weight is 299 g/mol. The Morgan fingerprint density at radius 3 is 2.26 bits per heavy atom. The van der Waals surface area contributed by atoms with Crippen LogP contribution in [0.1, 0.15) is 5.56 Å². The second-order valence-corrected chi connectivity index (χ2v) is 5.59. The van der Waals surface area contributed by atoms with Crippen LogP contribution in [-0.2, 0) is 0 Å². The highest BCUT2D eigenvalue weighted by Gasteiger charge is 2.30. The number of hydrogen-bond acceptors (Lipinski definition) is 1. The van der Waals surface area contributed by atoms with E-state index in [0.29, 0.717) is 5.46 Å². The molecule has 3 aromatic rings. The van der Waals surface area contributed by atoms with Gasteiger partial charge in [-0.2, -0.15) is 0 Å². The summed E-state index contributed by atoms with van der Waals surface area (Å²) in [6.45, 7) is -0.159. The van der Waals surface area contributed by atoms with E-state index in [4.69, 9.17) is 0 Å². The summed E-state index contributed by atoms with van der Waals surface area (Å²) in [4.78, 5) is 2.19. The van der Waals surface area contributed by atoms with E-state index in [0.717, 1.165) is 16.9 Å². The molecule has 1 aliphatic rings. The molecular weight excluding hydrogens is 284 g/mol. The molecule has 0 atom stereocenters. The zero-order valence-corrected chi connectivity index (χ0v) is 12.6. The summed E-state index contributed by atoms with van der Waals surface area (Å²) in [7, 11) is 0. The fourth-order valence-electron chi connectivity index (χ4n) is 3.12. The van der Waals surface area contributed by atoms with Gasteiger partial charge in [-0.05, 0) is 35.3 Å². The molecule has 3 aromatic carbocycles. The van der Waals surface area contributed by atoms with Crippen molar-refractivity contribution in [2.45, 2.75) is 0 Å². The van der Waals surface area contributed by atoms with Gasteiger partial charge in [-0.15, -0.1) is 0 Å². The normalized spacial score (nSPS) is 13.1. The maximum atomic E-state index is 14.4. The van der Waals surface area contributed by atoms with Gasteiger partial charge in [0.15, 0.2) is 0 Å². The van der Waals surface area contributed by atoms with E-state index in [9.17, 15) is 4.39 Å². The third kappa shape index (κ3) is 2.44. The Labute approximate surface area is 135 Å². The van der Waals surface area contributed by atoms with Crippen LogP contribution in [0.25, 0.3) is 6.08 Å². The summed E-state index contributed by atoms with van der Waals surface area (Å²) in [6.07, 6.45) is 2.08. The third-order valence-electron chi connectivity index (χ3n) is 4.19. The number of hydrogen-bond donors (Lipinski definition) is 0. The molecule has 3 heteroatoms. The molecule has 0 amide bonds. The van der Waals surface area contributed by atoms with Crippen LogP contribution in [0.2, 0.25) is 0 Å². The van der Waals surface area contributed by atoms with E-state index in [1.807, 2.05) is 42.5 Å². The highest BCUT2D eigenvalue weighted by atomic mass is 19.1. The summed E-state index contributed by atoms with van der Waals surface area (Å²) in [5.41, 5.74) is 3.97. The highest BCUT2D eigenvalue weighted by molar-refractivity contribution is 6.83. The fraction of sp³-hybridized carbons (Fsp3) is 0. The van der Waals surface area contributed by atoms with Gasteiger partial charge in [0.05, 0.1) is 0 Å². The molecule has 4 rings (SSSR count). The van der Waals surface area contributed by atoms with Crippen molar-refractivity contribution in [1.29, 1.82) is 0 Å². The van der Waals surface area contributed by atoms with Gasteiger partial charge < -0.3 is 4.81 Å². The van der Waals surface area contributed by atoms with Crippen molar-refractivity contribution in [3.63, 3.8) is 0 Å². The largest absolute Gasteiger partial charge is 0.377 e. The molecule has 0 spiro atoms. The summed E-state index contributed by atoms with van der Waals surface area (Å²) in [6, 6.07) is 25.3. The Kier molecular flexibility index (Phi) is 3.47. The van der Waals surface area contributed by atoms with E-state index in [-0.39, 0.29) is 12.7 Å². The Morgan fingerprint density at radius 2 is 1.43 bits per heavy atom. The van der Waals surface area contributed by atoms with Crippen LogP contribution >= 0.6 is 0 Å². The van der Waals surface area contributed by atoms with Crippen LogP contribution in [0.5, 0.6) is 0 Å².